The van der Waals surface area contributed by atoms with Crippen molar-refractivity contribution in [2.75, 3.05) is 0 Å². The molecule has 1 N–H and O–H groups in total. The summed E-state index contributed by atoms with van der Waals surface area (Å²) in [6.07, 6.45) is 0.863. The van der Waals surface area contributed by atoms with Crippen molar-refractivity contribution >= 4 is 12.2 Å². The average Bonchev–Trinajstić information content (AvgIpc) is 2.26. The first-order valence-electron chi connectivity index (χ1n) is 5.77. The van der Waals surface area contributed by atoms with E-state index in [2.05, 4.69) is 48.9 Å². The number of aryl methyl sites for hydroxylation is 3. The Balaban J connectivity index is 2.59. The van der Waals surface area contributed by atoms with Crippen LogP contribution >= 0.6 is 12.2 Å². The molecule has 0 spiro atoms. The van der Waals surface area contributed by atoms with Crippen LogP contribution in [0.4, 0.5) is 0 Å². The van der Waals surface area contributed by atoms with E-state index < -0.39 is 0 Å². The number of hydrogen-bond donors (Lipinski definition) is 1. The van der Waals surface area contributed by atoms with Crippen molar-refractivity contribution in [3.63, 3.8) is 0 Å². The van der Waals surface area contributed by atoms with Gasteiger partial charge in [0.25, 0.3) is 0 Å². The molecule has 3 heteroatoms. The molecule has 88 valence electrons. The van der Waals surface area contributed by atoms with Gasteiger partial charge in [-0.1, -0.05) is 36.3 Å². The summed E-state index contributed by atoms with van der Waals surface area (Å²) >= 11 is 5.19. The van der Waals surface area contributed by atoms with E-state index in [9.17, 15) is 0 Å². The molecule has 0 amide bonds. The van der Waals surface area contributed by atoms with Crippen molar-refractivity contribution in [1.29, 1.82) is 0 Å². The summed E-state index contributed by atoms with van der Waals surface area (Å²) in [5, 5.41) is 0. The van der Waals surface area contributed by atoms with E-state index in [1.54, 1.807) is 0 Å². The van der Waals surface area contributed by atoms with Crippen LogP contribution in [-0.4, -0.2) is 9.97 Å². The highest BCUT2D eigenvalue weighted by molar-refractivity contribution is 7.71. The Kier molecular flexibility index (Phi) is 3.38. The van der Waals surface area contributed by atoms with Gasteiger partial charge in [-0.05, 0) is 37.6 Å². The molecule has 0 atom stereocenters. The van der Waals surface area contributed by atoms with Gasteiger partial charge >= 0.3 is 0 Å². The molecule has 2 nitrogen and oxygen atoms in total. The van der Waals surface area contributed by atoms with Crippen LogP contribution in [0.25, 0.3) is 11.3 Å². The van der Waals surface area contributed by atoms with E-state index in [0.29, 0.717) is 4.64 Å². The molecule has 0 unspecified atom stereocenters. The standard InChI is InChI=1S/C14H16N2S/c1-4-13-15-12(8-14(17)16-13)11-6-9(2)5-10(3)7-11/h5-8H,4H2,1-3H3,(H,15,16,17). The first-order chi connectivity index (χ1) is 8.08. The highest BCUT2D eigenvalue weighted by atomic mass is 32.1. The van der Waals surface area contributed by atoms with E-state index in [4.69, 9.17) is 12.2 Å². The number of benzene rings is 1. The minimum absolute atomic E-state index is 0.648. The van der Waals surface area contributed by atoms with Crippen molar-refractivity contribution < 1.29 is 0 Å². The lowest BCUT2D eigenvalue weighted by molar-refractivity contribution is 0.936. The van der Waals surface area contributed by atoms with Crippen LogP contribution in [0.1, 0.15) is 23.9 Å². The van der Waals surface area contributed by atoms with Gasteiger partial charge in [0.05, 0.1) is 0 Å². The summed E-state index contributed by atoms with van der Waals surface area (Å²) in [5.41, 5.74) is 4.74. The van der Waals surface area contributed by atoms with Crippen molar-refractivity contribution in [3.8, 4) is 11.3 Å². The number of aromatic amines is 1. The lowest BCUT2D eigenvalue weighted by Crippen LogP contribution is -1.95. The molecule has 0 bridgehead atoms. The largest absolute Gasteiger partial charge is 0.343 e. The van der Waals surface area contributed by atoms with Gasteiger partial charge in [0.15, 0.2) is 0 Å². The van der Waals surface area contributed by atoms with Gasteiger partial charge < -0.3 is 4.98 Å². The van der Waals surface area contributed by atoms with Crippen molar-refractivity contribution in [1.82, 2.24) is 9.97 Å². The van der Waals surface area contributed by atoms with E-state index in [1.165, 1.54) is 16.7 Å². The molecule has 17 heavy (non-hydrogen) atoms. The summed E-state index contributed by atoms with van der Waals surface area (Å²) in [5.74, 6) is 0.937. The average molecular weight is 244 g/mol. The maximum atomic E-state index is 5.19. The lowest BCUT2D eigenvalue weighted by atomic mass is 10.0. The third kappa shape index (κ3) is 2.80. The van der Waals surface area contributed by atoms with Gasteiger partial charge in [-0.2, -0.15) is 0 Å². The summed E-state index contributed by atoms with van der Waals surface area (Å²) in [7, 11) is 0. The van der Waals surface area contributed by atoms with Crippen LogP contribution in [0.15, 0.2) is 24.3 Å². The van der Waals surface area contributed by atoms with Crippen LogP contribution < -0.4 is 0 Å². The summed E-state index contributed by atoms with van der Waals surface area (Å²) < 4.78 is 0.648. The van der Waals surface area contributed by atoms with Crippen molar-refractivity contribution in [3.05, 3.63) is 45.9 Å². The van der Waals surface area contributed by atoms with Crippen LogP contribution in [0.3, 0.4) is 0 Å². The normalized spacial score (nSPS) is 10.5. The zero-order valence-electron chi connectivity index (χ0n) is 10.4. The molecule has 0 saturated heterocycles. The Morgan fingerprint density at radius 2 is 1.76 bits per heavy atom. The van der Waals surface area contributed by atoms with E-state index >= 15 is 0 Å². The van der Waals surface area contributed by atoms with Crippen LogP contribution in [0.2, 0.25) is 0 Å². The number of aromatic nitrogens is 2. The van der Waals surface area contributed by atoms with E-state index in [1.807, 2.05) is 6.07 Å². The zero-order valence-corrected chi connectivity index (χ0v) is 11.2. The Morgan fingerprint density at radius 3 is 2.35 bits per heavy atom. The molecule has 2 aromatic rings. The van der Waals surface area contributed by atoms with Crippen LogP contribution in [0, 0.1) is 18.5 Å². The molecule has 1 aromatic carbocycles. The number of rotatable bonds is 2. The SMILES string of the molecule is CCc1nc(=S)cc(-c2cc(C)cc(C)c2)[nH]1. The number of nitrogens with zero attached hydrogens (tertiary/aromatic N) is 1. The number of nitrogens with one attached hydrogen (secondary N) is 1. The maximum absolute atomic E-state index is 5.19. The minimum atomic E-state index is 0.648. The Hall–Kier alpha value is -1.48. The molecule has 1 heterocycles. The van der Waals surface area contributed by atoms with Gasteiger partial charge in [-0.25, -0.2) is 4.98 Å². The smallest absolute Gasteiger partial charge is 0.130 e. The van der Waals surface area contributed by atoms with Gasteiger partial charge in [0, 0.05) is 12.1 Å². The summed E-state index contributed by atoms with van der Waals surface area (Å²) in [4.78, 5) is 7.61. The monoisotopic (exact) mass is 244 g/mol. The lowest BCUT2D eigenvalue weighted by Gasteiger charge is -2.07. The van der Waals surface area contributed by atoms with E-state index in [0.717, 1.165) is 17.9 Å². The van der Waals surface area contributed by atoms with Gasteiger partial charge in [0.1, 0.15) is 10.5 Å². The Labute approximate surface area is 107 Å². The zero-order chi connectivity index (χ0) is 12.4. The molecule has 0 saturated carbocycles. The van der Waals surface area contributed by atoms with Crippen molar-refractivity contribution in [2.45, 2.75) is 27.2 Å². The topological polar surface area (TPSA) is 28.7 Å². The molecule has 0 aliphatic rings. The number of hydrogen-bond acceptors (Lipinski definition) is 2. The first-order valence-corrected chi connectivity index (χ1v) is 6.18. The predicted molar refractivity (Wildman–Crippen MR) is 73.7 cm³/mol. The highest BCUT2D eigenvalue weighted by Gasteiger charge is 2.02. The van der Waals surface area contributed by atoms with Crippen LogP contribution in [0.5, 0.6) is 0 Å². The summed E-state index contributed by atoms with van der Waals surface area (Å²) in [6.45, 7) is 6.28. The second-order valence-electron chi connectivity index (χ2n) is 4.31. The van der Waals surface area contributed by atoms with Crippen LogP contribution in [-0.2, 0) is 6.42 Å². The minimum Gasteiger partial charge on any atom is -0.343 e. The second-order valence-corrected chi connectivity index (χ2v) is 4.73. The van der Waals surface area contributed by atoms with Gasteiger partial charge in [0.2, 0.25) is 0 Å². The van der Waals surface area contributed by atoms with Gasteiger partial charge in [-0.3, -0.25) is 0 Å². The predicted octanol–water partition coefficient (Wildman–Crippen LogP) is 3.99. The molecule has 2 rings (SSSR count). The molecule has 0 fully saturated rings. The molecular weight excluding hydrogens is 228 g/mol. The van der Waals surface area contributed by atoms with Gasteiger partial charge in [-0.15, -0.1) is 0 Å². The molecule has 0 aliphatic heterocycles. The fourth-order valence-electron chi connectivity index (χ4n) is 1.96. The fraction of sp³-hybridized carbons (Fsp3) is 0.286. The Morgan fingerprint density at radius 1 is 1.12 bits per heavy atom. The maximum Gasteiger partial charge on any atom is 0.130 e. The molecule has 0 aliphatic carbocycles. The van der Waals surface area contributed by atoms with Crippen molar-refractivity contribution in [2.24, 2.45) is 0 Å². The first kappa shape index (κ1) is 12.0. The Bertz CT molecular complexity index is 579. The third-order valence-corrected chi connectivity index (χ3v) is 2.87. The van der Waals surface area contributed by atoms with E-state index in [-0.39, 0.29) is 0 Å². The fourth-order valence-corrected chi connectivity index (χ4v) is 2.19. The second kappa shape index (κ2) is 4.80. The molecule has 1 aromatic heterocycles. The third-order valence-electron chi connectivity index (χ3n) is 2.66. The quantitative estimate of drug-likeness (QED) is 0.809. The molecular formula is C14H16N2S. The molecule has 0 radical (unpaired) electrons. The highest BCUT2D eigenvalue weighted by Crippen LogP contribution is 2.20. The number of H-pyrrole nitrogens is 1. The summed E-state index contributed by atoms with van der Waals surface area (Å²) in [6, 6.07) is 8.41.